The van der Waals surface area contributed by atoms with Crippen molar-refractivity contribution in [1.82, 2.24) is 5.32 Å². The minimum Gasteiger partial charge on any atom is -0.309 e. The molecule has 1 saturated carbocycles. The minimum atomic E-state index is 0.284. The summed E-state index contributed by atoms with van der Waals surface area (Å²) in [4.78, 5) is 0. The van der Waals surface area contributed by atoms with Gasteiger partial charge in [-0.2, -0.15) is 0 Å². The monoisotopic (exact) mass is 183 g/mol. The molecule has 0 heterocycles. The summed E-state index contributed by atoms with van der Waals surface area (Å²) >= 11 is 0. The first-order valence-electron chi connectivity index (χ1n) is 5.56. The highest BCUT2D eigenvalue weighted by molar-refractivity contribution is 4.85. The van der Waals surface area contributed by atoms with E-state index in [1.54, 1.807) is 0 Å². The molecule has 1 nitrogen and oxygen atoms in total. The highest BCUT2D eigenvalue weighted by Gasteiger charge is 2.28. The van der Waals surface area contributed by atoms with E-state index in [9.17, 15) is 0 Å². The van der Waals surface area contributed by atoms with E-state index in [-0.39, 0.29) is 5.54 Å². The Morgan fingerprint density at radius 3 is 1.92 bits per heavy atom. The lowest BCUT2D eigenvalue weighted by Crippen LogP contribution is -2.46. The highest BCUT2D eigenvalue weighted by atomic mass is 15.0. The summed E-state index contributed by atoms with van der Waals surface area (Å²) in [6.07, 6.45) is 5.45. The number of rotatable bonds is 1. The average molecular weight is 183 g/mol. The molecular formula is C12H25N. The van der Waals surface area contributed by atoms with Gasteiger partial charge < -0.3 is 5.32 Å². The Hall–Kier alpha value is -0.0400. The van der Waals surface area contributed by atoms with Gasteiger partial charge in [0.1, 0.15) is 0 Å². The van der Waals surface area contributed by atoms with Gasteiger partial charge in [0.2, 0.25) is 0 Å². The van der Waals surface area contributed by atoms with E-state index in [1.807, 2.05) is 0 Å². The Balaban J connectivity index is 2.34. The van der Waals surface area contributed by atoms with Gasteiger partial charge in [0.05, 0.1) is 0 Å². The molecule has 1 heteroatoms. The van der Waals surface area contributed by atoms with E-state index >= 15 is 0 Å². The second kappa shape index (κ2) is 3.61. The molecule has 1 N–H and O–H groups in total. The van der Waals surface area contributed by atoms with Crippen LogP contribution in [0.15, 0.2) is 0 Å². The number of hydrogen-bond donors (Lipinski definition) is 1. The predicted octanol–water partition coefficient (Wildman–Crippen LogP) is 3.34. The molecule has 0 unspecified atom stereocenters. The van der Waals surface area contributed by atoms with Crippen molar-refractivity contribution in [2.24, 2.45) is 5.41 Å². The van der Waals surface area contributed by atoms with Crippen LogP contribution in [0.2, 0.25) is 0 Å². The lowest BCUT2D eigenvalue weighted by atomic mass is 9.75. The van der Waals surface area contributed by atoms with Crippen molar-refractivity contribution in [2.75, 3.05) is 0 Å². The van der Waals surface area contributed by atoms with Crippen molar-refractivity contribution < 1.29 is 0 Å². The zero-order valence-electron chi connectivity index (χ0n) is 9.91. The molecule has 0 bridgehead atoms. The molecule has 1 aliphatic rings. The average Bonchev–Trinajstić information content (AvgIpc) is 1.91. The third kappa shape index (κ3) is 4.12. The van der Waals surface area contributed by atoms with Crippen LogP contribution in [-0.4, -0.2) is 11.6 Å². The van der Waals surface area contributed by atoms with E-state index in [0.29, 0.717) is 5.41 Å². The third-order valence-electron chi connectivity index (χ3n) is 2.98. The molecule has 1 rings (SSSR count). The quantitative estimate of drug-likeness (QED) is 0.657. The van der Waals surface area contributed by atoms with Crippen LogP contribution in [0.25, 0.3) is 0 Å². The molecule has 0 aromatic heterocycles. The molecule has 78 valence electrons. The van der Waals surface area contributed by atoms with E-state index in [0.717, 1.165) is 6.04 Å². The van der Waals surface area contributed by atoms with Crippen molar-refractivity contribution in [3.05, 3.63) is 0 Å². The first kappa shape index (κ1) is 11.0. The number of hydrogen-bond acceptors (Lipinski definition) is 1. The summed E-state index contributed by atoms with van der Waals surface area (Å²) in [5.41, 5.74) is 0.877. The predicted molar refractivity (Wildman–Crippen MR) is 58.9 cm³/mol. The molecule has 0 radical (unpaired) electrons. The van der Waals surface area contributed by atoms with Crippen LogP contribution in [0.4, 0.5) is 0 Å². The fraction of sp³-hybridized carbons (Fsp3) is 1.00. The summed E-state index contributed by atoms with van der Waals surface area (Å²) in [7, 11) is 0. The van der Waals surface area contributed by atoms with Gasteiger partial charge in [0.25, 0.3) is 0 Å². The fourth-order valence-corrected chi connectivity index (χ4v) is 2.16. The highest BCUT2D eigenvalue weighted by Crippen LogP contribution is 2.35. The van der Waals surface area contributed by atoms with Gasteiger partial charge >= 0.3 is 0 Å². The zero-order chi connectivity index (χ0) is 10.1. The molecule has 0 aliphatic heterocycles. The molecule has 0 amide bonds. The van der Waals surface area contributed by atoms with Gasteiger partial charge in [-0.3, -0.25) is 0 Å². The fourth-order valence-electron chi connectivity index (χ4n) is 2.16. The Labute approximate surface area is 83.3 Å². The van der Waals surface area contributed by atoms with Gasteiger partial charge in [-0.1, -0.05) is 13.8 Å². The first-order chi connectivity index (χ1) is 5.79. The van der Waals surface area contributed by atoms with Crippen LogP contribution in [-0.2, 0) is 0 Å². The standard InChI is InChI=1S/C12H25N/c1-11(2,3)13-10-6-8-12(4,5)9-7-10/h10,13H,6-9H2,1-5H3. The summed E-state index contributed by atoms with van der Waals surface area (Å²) in [6, 6.07) is 0.757. The smallest absolute Gasteiger partial charge is 0.00990 e. The van der Waals surface area contributed by atoms with Crippen LogP contribution < -0.4 is 5.32 Å². The second-order valence-electron chi connectivity index (χ2n) is 6.33. The maximum atomic E-state index is 3.70. The topological polar surface area (TPSA) is 12.0 Å². The first-order valence-corrected chi connectivity index (χ1v) is 5.56. The molecular weight excluding hydrogens is 158 g/mol. The molecule has 0 saturated heterocycles. The van der Waals surface area contributed by atoms with Crippen molar-refractivity contribution in [3.8, 4) is 0 Å². The van der Waals surface area contributed by atoms with Gasteiger partial charge in [-0.15, -0.1) is 0 Å². The van der Waals surface area contributed by atoms with Crippen LogP contribution in [0, 0.1) is 5.41 Å². The van der Waals surface area contributed by atoms with Gasteiger partial charge in [-0.05, 0) is 51.9 Å². The van der Waals surface area contributed by atoms with Crippen molar-refractivity contribution in [1.29, 1.82) is 0 Å². The lowest BCUT2D eigenvalue weighted by molar-refractivity contribution is 0.186. The summed E-state index contributed by atoms with van der Waals surface area (Å²) in [6.45, 7) is 11.5. The van der Waals surface area contributed by atoms with Crippen molar-refractivity contribution >= 4 is 0 Å². The van der Waals surface area contributed by atoms with Gasteiger partial charge in [-0.25, -0.2) is 0 Å². The van der Waals surface area contributed by atoms with Crippen LogP contribution in [0.3, 0.4) is 0 Å². The molecule has 0 spiro atoms. The van der Waals surface area contributed by atoms with Crippen LogP contribution in [0.5, 0.6) is 0 Å². The molecule has 13 heavy (non-hydrogen) atoms. The summed E-state index contributed by atoms with van der Waals surface area (Å²) in [5, 5.41) is 3.70. The third-order valence-corrected chi connectivity index (χ3v) is 2.98. The normalized spacial score (nSPS) is 24.7. The molecule has 1 fully saturated rings. The minimum absolute atomic E-state index is 0.284. The number of nitrogens with one attached hydrogen (secondary N) is 1. The Morgan fingerprint density at radius 1 is 1.08 bits per heavy atom. The molecule has 0 aromatic carbocycles. The molecule has 0 aromatic rings. The summed E-state index contributed by atoms with van der Waals surface area (Å²) in [5.74, 6) is 0. The molecule has 1 aliphatic carbocycles. The Kier molecular flexibility index (Phi) is 3.06. The van der Waals surface area contributed by atoms with E-state index in [4.69, 9.17) is 0 Å². The van der Waals surface area contributed by atoms with Crippen LogP contribution in [0.1, 0.15) is 60.3 Å². The van der Waals surface area contributed by atoms with E-state index in [2.05, 4.69) is 39.9 Å². The van der Waals surface area contributed by atoms with E-state index in [1.165, 1.54) is 25.7 Å². The van der Waals surface area contributed by atoms with Crippen LogP contribution >= 0.6 is 0 Å². The largest absolute Gasteiger partial charge is 0.309 e. The lowest BCUT2D eigenvalue weighted by Gasteiger charge is -2.38. The maximum Gasteiger partial charge on any atom is 0.00990 e. The molecule has 0 atom stereocenters. The van der Waals surface area contributed by atoms with Crippen molar-refractivity contribution in [3.63, 3.8) is 0 Å². The zero-order valence-corrected chi connectivity index (χ0v) is 9.91. The van der Waals surface area contributed by atoms with Gasteiger partial charge in [0.15, 0.2) is 0 Å². The maximum absolute atomic E-state index is 3.70. The van der Waals surface area contributed by atoms with Gasteiger partial charge in [0, 0.05) is 11.6 Å². The SMILES string of the molecule is CC1(C)CCC(NC(C)(C)C)CC1. The Morgan fingerprint density at radius 2 is 1.54 bits per heavy atom. The second-order valence-corrected chi connectivity index (χ2v) is 6.33. The Bertz CT molecular complexity index is 154. The summed E-state index contributed by atoms with van der Waals surface area (Å²) < 4.78 is 0. The van der Waals surface area contributed by atoms with Crippen molar-refractivity contribution in [2.45, 2.75) is 71.9 Å². The van der Waals surface area contributed by atoms with E-state index < -0.39 is 0 Å².